The summed E-state index contributed by atoms with van der Waals surface area (Å²) in [6.07, 6.45) is 5.74. The van der Waals surface area contributed by atoms with Crippen molar-refractivity contribution >= 4 is 16.2 Å². The van der Waals surface area contributed by atoms with E-state index in [2.05, 4.69) is 4.72 Å². The van der Waals surface area contributed by atoms with E-state index in [1.807, 2.05) is 6.92 Å². The molecular formula is C13H26N2O4S. The van der Waals surface area contributed by atoms with E-state index in [9.17, 15) is 13.2 Å². The Morgan fingerprint density at radius 1 is 1.35 bits per heavy atom. The summed E-state index contributed by atoms with van der Waals surface area (Å²) in [5.74, 6) is -0.834. The Kier molecular flexibility index (Phi) is 6.91. The zero-order valence-corrected chi connectivity index (χ0v) is 13.2. The topological polar surface area (TPSA) is 86.7 Å². The van der Waals surface area contributed by atoms with E-state index in [0.29, 0.717) is 6.42 Å². The molecule has 1 rings (SSSR count). The molecule has 0 aromatic heterocycles. The number of nitrogens with one attached hydrogen (secondary N) is 1. The molecule has 1 aliphatic carbocycles. The van der Waals surface area contributed by atoms with Crippen molar-refractivity contribution in [2.45, 2.75) is 57.9 Å². The van der Waals surface area contributed by atoms with Crippen molar-refractivity contribution in [3.8, 4) is 0 Å². The second kappa shape index (κ2) is 7.95. The largest absolute Gasteiger partial charge is 0.481 e. The molecule has 1 atom stereocenters. The van der Waals surface area contributed by atoms with E-state index < -0.39 is 16.2 Å². The first-order valence-electron chi connectivity index (χ1n) is 7.27. The molecular weight excluding hydrogens is 280 g/mol. The van der Waals surface area contributed by atoms with Crippen LogP contribution in [0.4, 0.5) is 0 Å². The maximum Gasteiger partial charge on any atom is 0.303 e. The minimum Gasteiger partial charge on any atom is -0.481 e. The number of carboxylic acid groups (broad SMARTS) is 1. The molecule has 1 saturated carbocycles. The van der Waals surface area contributed by atoms with Gasteiger partial charge in [-0.25, -0.2) is 4.72 Å². The Balaban J connectivity index is 2.41. The number of nitrogens with zero attached hydrogens (tertiary/aromatic N) is 1. The van der Waals surface area contributed by atoms with Gasteiger partial charge in [-0.05, 0) is 25.2 Å². The lowest BCUT2D eigenvalue weighted by Crippen LogP contribution is -2.45. The molecule has 0 heterocycles. The Morgan fingerprint density at radius 3 is 2.50 bits per heavy atom. The second-order valence-corrected chi connectivity index (χ2v) is 7.51. The van der Waals surface area contributed by atoms with Crippen molar-refractivity contribution in [1.29, 1.82) is 0 Å². The molecule has 0 spiro atoms. The molecule has 7 heteroatoms. The molecule has 0 bridgehead atoms. The van der Waals surface area contributed by atoms with E-state index in [1.165, 1.54) is 10.7 Å². The van der Waals surface area contributed by atoms with Crippen molar-refractivity contribution in [2.75, 3.05) is 13.6 Å². The van der Waals surface area contributed by atoms with Crippen molar-refractivity contribution in [1.82, 2.24) is 9.03 Å². The first-order valence-corrected chi connectivity index (χ1v) is 8.71. The van der Waals surface area contributed by atoms with Gasteiger partial charge in [-0.15, -0.1) is 0 Å². The molecule has 1 fully saturated rings. The normalized spacial score (nSPS) is 19.1. The predicted octanol–water partition coefficient (Wildman–Crippen LogP) is 1.59. The number of hydrogen-bond acceptors (Lipinski definition) is 3. The fourth-order valence-electron chi connectivity index (χ4n) is 2.46. The zero-order valence-electron chi connectivity index (χ0n) is 12.3. The number of hydrogen-bond donors (Lipinski definition) is 2. The van der Waals surface area contributed by atoms with Gasteiger partial charge in [-0.3, -0.25) is 4.79 Å². The summed E-state index contributed by atoms with van der Waals surface area (Å²) in [6, 6.07) is 0.0931. The van der Waals surface area contributed by atoms with Crippen LogP contribution in [0, 0.1) is 5.92 Å². The SMILES string of the molecule is CC(CCC(=O)O)CNS(=O)(=O)N(C)C1CCCCC1. The molecule has 0 aromatic rings. The molecule has 118 valence electrons. The quantitative estimate of drug-likeness (QED) is 0.713. The smallest absolute Gasteiger partial charge is 0.303 e. The molecule has 0 saturated heterocycles. The summed E-state index contributed by atoms with van der Waals surface area (Å²) in [6.45, 7) is 2.14. The fourth-order valence-corrected chi connectivity index (χ4v) is 3.76. The third-order valence-corrected chi connectivity index (χ3v) is 5.52. The van der Waals surface area contributed by atoms with Crippen LogP contribution >= 0.6 is 0 Å². The van der Waals surface area contributed by atoms with Gasteiger partial charge in [0, 0.05) is 26.1 Å². The summed E-state index contributed by atoms with van der Waals surface area (Å²) < 4.78 is 28.4. The van der Waals surface area contributed by atoms with Gasteiger partial charge in [-0.1, -0.05) is 26.2 Å². The molecule has 6 nitrogen and oxygen atoms in total. The Bertz CT molecular complexity index is 405. The standard InChI is InChI=1S/C13H26N2O4S/c1-11(8-9-13(16)17)10-14-20(18,19)15(2)12-6-4-3-5-7-12/h11-12,14H,3-10H2,1-2H3,(H,16,17). The summed E-state index contributed by atoms with van der Waals surface area (Å²) in [7, 11) is -1.83. The third-order valence-electron chi connectivity index (χ3n) is 3.93. The van der Waals surface area contributed by atoms with Crippen LogP contribution in [0.25, 0.3) is 0 Å². The first-order chi connectivity index (χ1) is 9.33. The van der Waals surface area contributed by atoms with Gasteiger partial charge in [-0.2, -0.15) is 12.7 Å². The van der Waals surface area contributed by atoms with Gasteiger partial charge >= 0.3 is 5.97 Å². The monoisotopic (exact) mass is 306 g/mol. The first kappa shape index (κ1) is 17.4. The highest BCUT2D eigenvalue weighted by Gasteiger charge is 2.27. The number of rotatable bonds is 8. The van der Waals surface area contributed by atoms with Gasteiger partial charge in [0.25, 0.3) is 10.2 Å². The minimum atomic E-state index is -3.46. The summed E-state index contributed by atoms with van der Waals surface area (Å²) in [5, 5.41) is 8.60. The number of carbonyl (C=O) groups is 1. The maximum atomic E-state index is 12.2. The lowest BCUT2D eigenvalue weighted by molar-refractivity contribution is -0.137. The molecule has 1 unspecified atom stereocenters. The van der Waals surface area contributed by atoms with Crippen molar-refractivity contribution in [3.63, 3.8) is 0 Å². The molecule has 0 aromatic carbocycles. The van der Waals surface area contributed by atoms with Crippen molar-refractivity contribution < 1.29 is 18.3 Å². The van der Waals surface area contributed by atoms with Crippen molar-refractivity contribution in [2.24, 2.45) is 5.92 Å². The predicted molar refractivity (Wildman–Crippen MR) is 77.6 cm³/mol. The van der Waals surface area contributed by atoms with Crippen LogP contribution in [0.5, 0.6) is 0 Å². The highest BCUT2D eigenvalue weighted by molar-refractivity contribution is 7.87. The molecule has 20 heavy (non-hydrogen) atoms. The van der Waals surface area contributed by atoms with Gasteiger partial charge in [0.15, 0.2) is 0 Å². The van der Waals surface area contributed by atoms with Gasteiger partial charge in [0.1, 0.15) is 0 Å². The molecule has 0 amide bonds. The summed E-state index contributed by atoms with van der Waals surface area (Å²) in [4.78, 5) is 10.5. The van der Waals surface area contributed by atoms with E-state index in [-0.39, 0.29) is 24.9 Å². The molecule has 0 radical (unpaired) electrons. The Hall–Kier alpha value is -0.660. The summed E-state index contributed by atoms with van der Waals surface area (Å²) in [5.41, 5.74) is 0. The van der Waals surface area contributed by atoms with Gasteiger partial charge in [0.2, 0.25) is 0 Å². The molecule has 0 aliphatic heterocycles. The van der Waals surface area contributed by atoms with E-state index in [0.717, 1.165) is 25.7 Å². The van der Waals surface area contributed by atoms with E-state index >= 15 is 0 Å². The lowest BCUT2D eigenvalue weighted by atomic mass is 9.96. The number of carboxylic acids is 1. The summed E-state index contributed by atoms with van der Waals surface area (Å²) >= 11 is 0. The highest BCUT2D eigenvalue weighted by Crippen LogP contribution is 2.23. The second-order valence-electron chi connectivity index (χ2n) is 5.70. The van der Waals surface area contributed by atoms with E-state index in [4.69, 9.17) is 5.11 Å². The zero-order chi connectivity index (χ0) is 15.2. The van der Waals surface area contributed by atoms with Crippen LogP contribution in [0.3, 0.4) is 0 Å². The van der Waals surface area contributed by atoms with Crippen LogP contribution in [-0.4, -0.2) is 43.4 Å². The van der Waals surface area contributed by atoms with Gasteiger partial charge < -0.3 is 5.11 Å². The van der Waals surface area contributed by atoms with Crippen LogP contribution in [-0.2, 0) is 15.0 Å². The maximum absolute atomic E-state index is 12.2. The van der Waals surface area contributed by atoms with Gasteiger partial charge in [0.05, 0.1) is 0 Å². The van der Waals surface area contributed by atoms with Crippen LogP contribution in [0.1, 0.15) is 51.9 Å². The number of aliphatic carboxylic acids is 1. The Morgan fingerprint density at radius 2 is 1.95 bits per heavy atom. The molecule has 2 N–H and O–H groups in total. The highest BCUT2D eigenvalue weighted by atomic mass is 32.2. The van der Waals surface area contributed by atoms with Crippen molar-refractivity contribution in [3.05, 3.63) is 0 Å². The van der Waals surface area contributed by atoms with Crippen LogP contribution in [0.15, 0.2) is 0 Å². The lowest BCUT2D eigenvalue weighted by Gasteiger charge is -2.30. The fraction of sp³-hybridized carbons (Fsp3) is 0.923. The van der Waals surface area contributed by atoms with E-state index in [1.54, 1.807) is 7.05 Å². The average molecular weight is 306 g/mol. The molecule has 1 aliphatic rings. The third kappa shape index (κ3) is 5.76. The Labute approximate surface area is 121 Å². The minimum absolute atomic E-state index is 0.0145. The average Bonchev–Trinajstić information content (AvgIpc) is 2.43. The van der Waals surface area contributed by atoms with Crippen LogP contribution < -0.4 is 4.72 Å². The van der Waals surface area contributed by atoms with Crippen LogP contribution in [0.2, 0.25) is 0 Å².